The fourth-order valence-electron chi connectivity index (χ4n) is 5.76. The van der Waals surface area contributed by atoms with Crippen LogP contribution in [0.5, 0.6) is 5.75 Å². The van der Waals surface area contributed by atoms with E-state index in [2.05, 4.69) is 137 Å². The van der Waals surface area contributed by atoms with Crippen LogP contribution in [0, 0.1) is 15.9 Å². The Bertz CT molecular complexity index is 2490. The zero-order valence-electron chi connectivity index (χ0n) is 32.2. The average Bonchev–Trinajstić information content (AvgIpc) is 3.88. The monoisotopic (exact) mass is 1140 g/mol. The quantitative estimate of drug-likeness (QED) is 0.0756. The summed E-state index contributed by atoms with van der Waals surface area (Å²) < 4.78 is 22.3. The van der Waals surface area contributed by atoms with E-state index in [4.69, 9.17) is 34.2 Å². The Hall–Kier alpha value is -3.73. The molecular weight excluding hydrogens is 1100 g/mol. The average molecular weight is 1140 g/mol. The van der Waals surface area contributed by atoms with Crippen LogP contribution in [0.4, 0.5) is 0 Å². The van der Waals surface area contributed by atoms with Gasteiger partial charge >= 0.3 is 26.9 Å². The van der Waals surface area contributed by atoms with Crippen LogP contribution in [0.3, 0.4) is 0 Å². The Balaban J connectivity index is 0.000000220. The molecule has 0 aliphatic rings. The van der Waals surface area contributed by atoms with Crippen molar-refractivity contribution < 1.29 is 60.8 Å². The number of phenols is 1. The fourth-order valence-corrected chi connectivity index (χ4v) is 7.44. The number of aromatic hydroxyl groups is 1. The van der Waals surface area contributed by atoms with Crippen LogP contribution >= 0.6 is 54.5 Å². The molecule has 0 saturated carbocycles. The summed E-state index contributed by atoms with van der Waals surface area (Å²) in [7, 11) is -1.44. The van der Waals surface area contributed by atoms with E-state index in [1.54, 1.807) is 30.3 Å². The van der Waals surface area contributed by atoms with Crippen molar-refractivity contribution in [3.8, 4) is 18.1 Å². The summed E-state index contributed by atoms with van der Waals surface area (Å²) in [5.74, 6) is 4.91. The van der Waals surface area contributed by atoms with Crippen LogP contribution < -0.4 is 5.46 Å². The van der Waals surface area contributed by atoms with Gasteiger partial charge in [-0.05, 0) is 119 Å². The van der Waals surface area contributed by atoms with Gasteiger partial charge < -0.3 is 24.0 Å². The first-order valence-electron chi connectivity index (χ1n) is 18.5. The molecule has 0 aliphatic heterocycles. The summed E-state index contributed by atoms with van der Waals surface area (Å²) >= 11 is 11.8. The third-order valence-corrected chi connectivity index (χ3v) is 10.6. The molecule has 0 amide bonds. The Morgan fingerprint density at radius 2 is 1.02 bits per heavy atom. The molecule has 6 aromatic carbocycles. The predicted octanol–water partition coefficient (Wildman–Crippen LogP) is 11.8. The third kappa shape index (κ3) is 17.7. The third-order valence-electron chi connectivity index (χ3n) is 8.74. The first-order chi connectivity index (χ1) is 28.7. The van der Waals surface area contributed by atoms with Gasteiger partial charge in [0.15, 0.2) is 0 Å². The maximum absolute atomic E-state index is 9.17. The van der Waals surface area contributed by atoms with Crippen LogP contribution in [0.1, 0.15) is 34.6 Å². The minimum absolute atomic E-state index is 0. The summed E-state index contributed by atoms with van der Waals surface area (Å²) in [5.41, 5.74) is 6.16. The number of rotatable bonds is 9. The van der Waals surface area contributed by atoms with E-state index in [1.807, 2.05) is 66.7 Å². The predicted molar refractivity (Wildman–Crippen MR) is 250 cm³/mol. The standard InChI is InChI=1S/C16H15BO3.C16H13BrO.C10H10.C6H4BrIO.2Cu.O/c18-17(19)14-7-9-16-13(10-14)11-15(20-16)8-6-12-4-2-1-3-5-12;17-14-7-9-16-13(10-14)11-15(18-16)8-6-12-4-2-1-3-5-12;1-2-3-7-10-8-5-4-6-9-10;7-4-1-2-6(9)5(8)3-4;;;/h1-5,7,9-11,18-19H,6,8H2;1-5,7,9-11H,6,8H2;1,4-6,8-9H,3,7H2;1-3,9H;;;. The van der Waals surface area contributed by atoms with Crippen LogP contribution in [-0.4, -0.2) is 22.3 Å². The van der Waals surface area contributed by atoms with Gasteiger partial charge in [-0.1, -0.05) is 135 Å². The van der Waals surface area contributed by atoms with Crippen molar-refractivity contribution in [2.45, 2.75) is 38.5 Å². The number of phenolic OH excluding ortho intramolecular Hbond substituents is 1. The number of terminal acetylenes is 1. The second-order valence-corrected chi connectivity index (χ2v) is 16.0. The van der Waals surface area contributed by atoms with Crippen molar-refractivity contribution in [1.29, 1.82) is 0 Å². The zero-order chi connectivity index (χ0) is 42.4. The number of hydrogen-bond acceptors (Lipinski definition) is 6. The molecular formula is C48H42BBr2Cu2IO6. The summed E-state index contributed by atoms with van der Waals surface area (Å²) in [4.78, 5) is 0. The molecule has 0 fully saturated rings. The van der Waals surface area contributed by atoms with Crippen molar-refractivity contribution in [1.82, 2.24) is 0 Å². The van der Waals surface area contributed by atoms with E-state index in [0.29, 0.717) is 11.2 Å². The molecule has 12 heteroatoms. The topological polar surface area (TPSA) is 104 Å². The molecule has 0 atom stereocenters. The molecule has 0 saturated heterocycles. The molecule has 316 valence electrons. The van der Waals surface area contributed by atoms with Crippen LogP contribution in [0.2, 0.25) is 0 Å². The Labute approximate surface area is 401 Å². The molecule has 60 heavy (non-hydrogen) atoms. The van der Waals surface area contributed by atoms with Crippen molar-refractivity contribution in [2.75, 3.05) is 0 Å². The molecule has 0 spiro atoms. The summed E-state index contributed by atoms with van der Waals surface area (Å²) in [6, 6.07) is 51.7. The van der Waals surface area contributed by atoms with Crippen molar-refractivity contribution in [3.05, 3.63) is 198 Å². The molecule has 1 radical (unpaired) electrons. The summed E-state index contributed by atoms with van der Waals surface area (Å²) in [6.07, 6.45) is 10.7. The van der Waals surface area contributed by atoms with Gasteiger partial charge in [0.05, 0.1) is 3.57 Å². The normalized spacial score (nSPS) is 9.90. The Morgan fingerprint density at radius 1 is 0.583 bits per heavy atom. The van der Waals surface area contributed by atoms with Gasteiger partial charge in [-0.3, -0.25) is 0 Å². The number of halogens is 3. The maximum atomic E-state index is 9.17. The van der Waals surface area contributed by atoms with E-state index in [1.165, 1.54) is 16.7 Å². The molecule has 3 N–H and O–H groups in total. The van der Waals surface area contributed by atoms with Gasteiger partial charge in [-0.25, -0.2) is 0 Å². The Morgan fingerprint density at radius 3 is 1.47 bits per heavy atom. The molecule has 0 bridgehead atoms. The van der Waals surface area contributed by atoms with Crippen molar-refractivity contribution in [2.24, 2.45) is 0 Å². The SMILES string of the molecule is Brc1ccc2oc(CCc3ccccc3)cc2c1.C#CCCc1ccccc1.OB(O)c1ccc2oc(CCc3ccccc3)cc2c1.Oc1ccc(Br)cc1I.[Cu].[O]=[Cu]. The van der Waals surface area contributed by atoms with Crippen LogP contribution in [0.25, 0.3) is 21.9 Å². The van der Waals surface area contributed by atoms with Gasteiger partial charge in [0.2, 0.25) is 0 Å². The van der Waals surface area contributed by atoms with Gasteiger partial charge in [-0.2, -0.15) is 0 Å². The van der Waals surface area contributed by atoms with Crippen LogP contribution in [-0.2, 0) is 69.0 Å². The van der Waals surface area contributed by atoms with Crippen molar-refractivity contribution >= 4 is 89.0 Å². The second-order valence-electron chi connectivity index (χ2n) is 13.0. The molecule has 0 unspecified atom stereocenters. The minimum atomic E-state index is -1.44. The number of furan rings is 2. The number of aryl methyl sites for hydroxylation is 5. The second kappa shape index (κ2) is 28.0. The molecule has 2 aromatic heterocycles. The van der Waals surface area contributed by atoms with E-state index in [9.17, 15) is 0 Å². The molecule has 0 aliphatic carbocycles. The molecule has 8 aromatic rings. The van der Waals surface area contributed by atoms with Gasteiger partial charge in [0.25, 0.3) is 0 Å². The van der Waals surface area contributed by atoms with E-state index in [-0.39, 0.29) is 17.1 Å². The summed E-state index contributed by atoms with van der Waals surface area (Å²) in [6.45, 7) is 0. The molecule has 8 rings (SSSR count). The van der Waals surface area contributed by atoms with E-state index < -0.39 is 7.12 Å². The van der Waals surface area contributed by atoms with Crippen molar-refractivity contribution in [3.63, 3.8) is 0 Å². The van der Waals surface area contributed by atoms with Gasteiger partial charge in [-0.15, -0.1) is 12.3 Å². The zero-order valence-corrected chi connectivity index (χ0v) is 39.4. The van der Waals surface area contributed by atoms with E-state index in [0.717, 1.165) is 84.5 Å². The van der Waals surface area contributed by atoms with E-state index >= 15 is 0 Å². The van der Waals surface area contributed by atoms with Gasteiger partial charge in [0.1, 0.15) is 28.4 Å². The summed E-state index contributed by atoms with van der Waals surface area (Å²) in [5, 5.41) is 29.4. The molecule has 6 nitrogen and oxygen atoms in total. The van der Waals surface area contributed by atoms with Gasteiger partial charge in [0, 0.05) is 56.0 Å². The first kappa shape index (κ1) is 50.6. The van der Waals surface area contributed by atoms with Crippen LogP contribution in [0.15, 0.2) is 176 Å². The number of fused-ring (bicyclic) bond motifs is 2. The first-order valence-corrected chi connectivity index (χ1v) is 21.6. The fraction of sp³-hybridized carbons (Fsp3) is 0.125. The number of benzene rings is 6. The Kier molecular flexibility index (Phi) is 23.6. The number of hydrogen-bond donors (Lipinski definition) is 3. The molecule has 2 heterocycles.